The van der Waals surface area contributed by atoms with Crippen LogP contribution < -0.4 is 10.1 Å². The van der Waals surface area contributed by atoms with Crippen LogP contribution in [0.3, 0.4) is 0 Å². The largest absolute Gasteiger partial charge is 0.504 e. The Bertz CT molecular complexity index is 510. The standard InChI is InChI=1S/C15H20N2O3/c1-11(5-4-8-16-2)10-17-15(19)12-6-7-13(18)14(9-12)20-3/h6-9,18H,1,4-5,10H2,2-3H3,(H,17,19). The third-order valence-corrected chi connectivity index (χ3v) is 2.75. The molecule has 1 aromatic rings. The molecule has 0 bridgehead atoms. The zero-order valence-electron chi connectivity index (χ0n) is 11.8. The van der Waals surface area contributed by atoms with Crippen LogP contribution >= 0.6 is 0 Å². The second-order valence-corrected chi connectivity index (χ2v) is 4.30. The summed E-state index contributed by atoms with van der Waals surface area (Å²) in [4.78, 5) is 15.8. The van der Waals surface area contributed by atoms with E-state index in [1.807, 2.05) is 6.21 Å². The molecule has 0 radical (unpaired) electrons. The molecule has 0 fully saturated rings. The Morgan fingerprint density at radius 3 is 2.95 bits per heavy atom. The molecular weight excluding hydrogens is 256 g/mol. The molecule has 0 aliphatic carbocycles. The van der Waals surface area contributed by atoms with Gasteiger partial charge in [0.05, 0.1) is 7.11 Å². The topological polar surface area (TPSA) is 70.9 Å². The third-order valence-electron chi connectivity index (χ3n) is 2.75. The minimum absolute atomic E-state index is 0.00677. The van der Waals surface area contributed by atoms with Crippen LogP contribution in [0.5, 0.6) is 11.5 Å². The highest BCUT2D eigenvalue weighted by Gasteiger charge is 2.09. The number of aromatic hydroxyl groups is 1. The maximum Gasteiger partial charge on any atom is 0.251 e. The number of ether oxygens (including phenoxy) is 1. The Kier molecular flexibility index (Phi) is 6.29. The van der Waals surface area contributed by atoms with Crippen molar-refractivity contribution in [1.29, 1.82) is 0 Å². The van der Waals surface area contributed by atoms with Crippen molar-refractivity contribution in [2.24, 2.45) is 4.99 Å². The molecule has 2 N–H and O–H groups in total. The van der Waals surface area contributed by atoms with Gasteiger partial charge in [0, 0.05) is 19.2 Å². The molecule has 0 heterocycles. The van der Waals surface area contributed by atoms with Gasteiger partial charge >= 0.3 is 0 Å². The van der Waals surface area contributed by atoms with Gasteiger partial charge in [0.25, 0.3) is 5.91 Å². The SMILES string of the molecule is C=C(CCC=NC)CNC(=O)c1ccc(O)c(OC)c1. The van der Waals surface area contributed by atoms with Crippen molar-refractivity contribution in [3.63, 3.8) is 0 Å². The molecule has 108 valence electrons. The Hall–Kier alpha value is -2.30. The van der Waals surface area contributed by atoms with Crippen LogP contribution in [0.1, 0.15) is 23.2 Å². The Labute approximate surface area is 119 Å². The number of hydrogen-bond acceptors (Lipinski definition) is 4. The van der Waals surface area contributed by atoms with Crippen LogP contribution in [0.4, 0.5) is 0 Å². The molecule has 0 aliphatic heterocycles. The van der Waals surface area contributed by atoms with E-state index in [9.17, 15) is 9.90 Å². The molecule has 0 aromatic heterocycles. The van der Waals surface area contributed by atoms with Gasteiger partial charge in [-0.25, -0.2) is 0 Å². The van der Waals surface area contributed by atoms with E-state index in [0.717, 1.165) is 18.4 Å². The highest BCUT2D eigenvalue weighted by Crippen LogP contribution is 2.26. The first kappa shape index (κ1) is 15.8. The quantitative estimate of drug-likeness (QED) is 0.592. The molecule has 1 amide bonds. The summed E-state index contributed by atoms with van der Waals surface area (Å²) in [5, 5.41) is 12.2. The number of phenolic OH excluding ortho intramolecular Hbond substituents is 1. The van der Waals surface area contributed by atoms with Crippen LogP contribution in [0, 0.1) is 0 Å². The number of carbonyl (C=O) groups excluding carboxylic acids is 1. The number of rotatable bonds is 7. The third kappa shape index (κ3) is 4.76. The second kappa shape index (κ2) is 7.99. The van der Waals surface area contributed by atoms with Gasteiger partial charge in [-0.05, 0) is 37.3 Å². The van der Waals surface area contributed by atoms with E-state index in [-0.39, 0.29) is 17.4 Å². The molecule has 1 rings (SSSR count). The predicted octanol–water partition coefficient (Wildman–Crippen LogP) is 2.17. The summed E-state index contributed by atoms with van der Waals surface area (Å²) in [5.74, 6) is 0.0524. The number of amides is 1. The maximum atomic E-state index is 11.9. The monoisotopic (exact) mass is 276 g/mol. The molecule has 0 spiro atoms. The van der Waals surface area contributed by atoms with Crippen molar-refractivity contribution in [3.05, 3.63) is 35.9 Å². The first-order valence-electron chi connectivity index (χ1n) is 6.31. The maximum absolute atomic E-state index is 11.9. The lowest BCUT2D eigenvalue weighted by Crippen LogP contribution is -2.25. The average molecular weight is 276 g/mol. The number of aliphatic imine (C=N–C) groups is 1. The molecule has 1 aromatic carbocycles. The van der Waals surface area contributed by atoms with Crippen LogP contribution in [0.25, 0.3) is 0 Å². The van der Waals surface area contributed by atoms with Crippen molar-refractivity contribution in [1.82, 2.24) is 5.32 Å². The van der Waals surface area contributed by atoms with Crippen LogP contribution in [0.2, 0.25) is 0 Å². The minimum atomic E-state index is -0.228. The van der Waals surface area contributed by atoms with Gasteiger partial charge in [-0.2, -0.15) is 0 Å². The number of nitrogens with zero attached hydrogens (tertiary/aromatic N) is 1. The Balaban J connectivity index is 2.52. The lowest BCUT2D eigenvalue weighted by Gasteiger charge is -2.09. The van der Waals surface area contributed by atoms with Crippen LogP contribution in [0.15, 0.2) is 35.3 Å². The Morgan fingerprint density at radius 1 is 1.55 bits per heavy atom. The summed E-state index contributed by atoms with van der Waals surface area (Å²) < 4.78 is 4.96. The summed E-state index contributed by atoms with van der Waals surface area (Å²) in [6.45, 7) is 4.32. The lowest BCUT2D eigenvalue weighted by molar-refractivity contribution is 0.0956. The van der Waals surface area contributed by atoms with Crippen molar-refractivity contribution < 1.29 is 14.6 Å². The molecular formula is C15H20N2O3. The summed E-state index contributed by atoms with van der Waals surface area (Å²) in [7, 11) is 3.16. The number of benzene rings is 1. The van der Waals surface area contributed by atoms with E-state index in [2.05, 4.69) is 16.9 Å². The van der Waals surface area contributed by atoms with E-state index in [4.69, 9.17) is 4.74 Å². The van der Waals surface area contributed by atoms with Crippen molar-refractivity contribution in [3.8, 4) is 11.5 Å². The highest BCUT2D eigenvalue weighted by molar-refractivity contribution is 5.95. The van der Waals surface area contributed by atoms with E-state index in [1.165, 1.54) is 19.2 Å². The van der Waals surface area contributed by atoms with Gasteiger partial charge in [-0.1, -0.05) is 12.2 Å². The molecule has 0 atom stereocenters. The van der Waals surface area contributed by atoms with Crippen molar-refractivity contribution in [2.75, 3.05) is 20.7 Å². The van der Waals surface area contributed by atoms with Crippen LogP contribution in [-0.2, 0) is 0 Å². The second-order valence-electron chi connectivity index (χ2n) is 4.30. The number of nitrogens with one attached hydrogen (secondary N) is 1. The Morgan fingerprint density at radius 2 is 2.30 bits per heavy atom. The number of methoxy groups -OCH3 is 1. The lowest BCUT2D eigenvalue weighted by atomic mass is 10.1. The summed E-state index contributed by atoms with van der Waals surface area (Å²) >= 11 is 0. The fourth-order valence-electron chi connectivity index (χ4n) is 1.61. The number of phenols is 1. The molecule has 0 saturated carbocycles. The van der Waals surface area contributed by atoms with Crippen molar-refractivity contribution >= 4 is 12.1 Å². The van der Waals surface area contributed by atoms with E-state index < -0.39 is 0 Å². The molecule has 0 saturated heterocycles. The van der Waals surface area contributed by atoms with Gasteiger partial charge in [-0.3, -0.25) is 4.79 Å². The van der Waals surface area contributed by atoms with Crippen molar-refractivity contribution in [2.45, 2.75) is 12.8 Å². The highest BCUT2D eigenvalue weighted by atomic mass is 16.5. The zero-order chi connectivity index (χ0) is 15.0. The van der Waals surface area contributed by atoms with Gasteiger partial charge < -0.3 is 20.2 Å². The number of hydrogen-bond donors (Lipinski definition) is 2. The predicted molar refractivity (Wildman–Crippen MR) is 79.8 cm³/mol. The molecule has 0 aliphatic rings. The van der Waals surface area contributed by atoms with Crippen LogP contribution in [-0.4, -0.2) is 37.9 Å². The first-order valence-corrected chi connectivity index (χ1v) is 6.31. The molecule has 5 nitrogen and oxygen atoms in total. The van der Waals surface area contributed by atoms with E-state index >= 15 is 0 Å². The van der Waals surface area contributed by atoms with E-state index in [1.54, 1.807) is 13.1 Å². The molecule has 20 heavy (non-hydrogen) atoms. The summed E-state index contributed by atoms with van der Waals surface area (Å²) in [6.07, 6.45) is 3.42. The minimum Gasteiger partial charge on any atom is -0.504 e. The van der Waals surface area contributed by atoms with Gasteiger partial charge in [-0.15, -0.1) is 0 Å². The van der Waals surface area contributed by atoms with Gasteiger partial charge in [0.15, 0.2) is 11.5 Å². The normalized spacial score (nSPS) is 10.5. The molecule has 5 heteroatoms. The fraction of sp³-hybridized carbons (Fsp3) is 0.333. The van der Waals surface area contributed by atoms with Gasteiger partial charge in [0.1, 0.15) is 0 Å². The molecule has 0 unspecified atom stereocenters. The average Bonchev–Trinajstić information content (AvgIpc) is 2.45. The smallest absolute Gasteiger partial charge is 0.251 e. The van der Waals surface area contributed by atoms with E-state index in [0.29, 0.717) is 12.1 Å². The fourth-order valence-corrected chi connectivity index (χ4v) is 1.61. The summed E-state index contributed by atoms with van der Waals surface area (Å²) in [5.41, 5.74) is 1.37. The number of carbonyl (C=O) groups is 1. The van der Waals surface area contributed by atoms with Gasteiger partial charge in [0.2, 0.25) is 0 Å². The summed E-state index contributed by atoms with van der Waals surface area (Å²) in [6, 6.07) is 4.47. The zero-order valence-corrected chi connectivity index (χ0v) is 11.8. The first-order chi connectivity index (χ1) is 9.58.